The number of nitrogens with zero attached hydrogens (tertiary/aromatic N) is 4. The number of rotatable bonds is 10. The molecule has 0 aliphatic rings. The van der Waals surface area contributed by atoms with Crippen molar-refractivity contribution in [1.82, 2.24) is 15.2 Å². The van der Waals surface area contributed by atoms with Gasteiger partial charge in [-0.1, -0.05) is 23.7 Å². The number of carbonyl (C=O) groups is 2. The number of anilines is 1. The molecule has 0 unspecified atom stereocenters. The molecule has 2 N–H and O–H groups in total. The van der Waals surface area contributed by atoms with Gasteiger partial charge >= 0.3 is 11.6 Å². The van der Waals surface area contributed by atoms with Crippen LogP contribution < -0.4 is 15.5 Å². The zero-order valence-electron chi connectivity index (χ0n) is 20.0. The average Bonchev–Trinajstić information content (AvgIpc) is 3.57. The van der Waals surface area contributed by atoms with E-state index in [-0.39, 0.29) is 30.5 Å². The largest absolute Gasteiger partial charge is 0.484 e. The van der Waals surface area contributed by atoms with Crippen molar-refractivity contribution in [1.29, 1.82) is 0 Å². The molecule has 194 valence electrons. The van der Waals surface area contributed by atoms with Crippen LogP contribution >= 0.6 is 11.6 Å². The lowest BCUT2D eigenvalue weighted by molar-refractivity contribution is -0.385. The molecular formula is C25H21ClN6O6. The van der Waals surface area contributed by atoms with E-state index in [4.69, 9.17) is 20.8 Å². The van der Waals surface area contributed by atoms with Gasteiger partial charge in [0.05, 0.1) is 17.2 Å². The van der Waals surface area contributed by atoms with Crippen LogP contribution in [0.4, 0.5) is 11.4 Å². The van der Waals surface area contributed by atoms with Crippen molar-refractivity contribution in [2.24, 2.45) is 5.10 Å². The molecule has 0 aliphatic heterocycles. The zero-order chi connectivity index (χ0) is 27.1. The Balaban J connectivity index is 1.31. The maximum atomic E-state index is 12.5. The number of halogens is 1. The maximum Gasteiger partial charge on any atom is 0.307 e. The number of carbonyl (C=O) groups excluding carboxylic acids is 2. The summed E-state index contributed by atoms with van der Waals surface area (Å²) in [5.74, 6) is -0.00696. The molecule has 0 fully saturated rings. The van der Waals surface area contributed by atoms with Crippen LogP contribution in [-0.2, 0) is 11.3 Å². The molecule has 2 aromatic heterocycles. The third-order valence-corrected chi connectivity index (χ3v) is 5.36. The lowest BCUT2D eigenvalue weighted by atomic mass is 10.1. The Morgan fingerprint density at radius 1 is 1.18 bits per heavy atom. The molecule has 4 aromatic rings. The van der Waals surface area contributed by atoms with Crippen LogP contribution in [0.25, 0.3) is 0 Å². The Hall–Kier alpha value is -4.97. The van der Waals surface area contributed by atoms with Gasteiger partial charge in [0.1, 0.15) is 23.9 Å². The van der Waals surface area contributed by atoms with E-state index in [1.165, 1.54) is 16.9 Å². The van der Waals surface area contributed by atoms with E-state index in [1.54, 1.807) is 61.5 Å². The van der Waals surface area contributed by atoms with Gasteiger partial charge in [-0.3, -0.25) is 24.4 Å². The smallest absolute Gasteiger partial charge is 0.307 e. The van der Waals surface area contributed by atoms with Crippen molar-refractivity contribution in [3.63, 3.8) is 0 Å². The number of hydrogen-bond donors (Lipinski definition) is 2. The second kappa shape index (κ2) is 11.8. The Kier molecular flexibility index (Phi) is 8.14. The topological polar surface area (TPSA) is 154 Å². The van der Waals surface area contributed by atoms with Gasteiger partial charge in [0.15, 0.2) is 12.4 Å². The molecule has 0 saturated heterocycles. The fourth-order valence-corrected chi connectivity index (χ4v) is 3.36. The first-order valence-electron chi connectivity index (χ1n) is 11.2. The van der Waals surface area contributed by atoms with Crippen LogP contribution in [0.2, 0.25) is 5.02 Å². The standard InChI is InChI=1S/C25H21ClN6O6/c1-16(17-3-2-4-19(11-17)28-24(33)15-37-21-7-5-18(26)6-8-21)29-30-25(34)23-10-9-22(38-23)14-31-13-20(12-27-31)32(35)36/h2-13H,14-15H2,1H3,(H,28,33)(H,30,34)/b29-16+. The number of hydrazone groups is 1. The van der Waals surface area contributed by atoms with Crippen LogP contribution in [-0.4, -0.2) is 38.8 Å². The first kappa shape index (κ1) is 26.1. The molecule has 2 aromatic carbocycles. The molecule has 0 saturated carbocycles. The number of nitrogens with one attached hydrogen (secondary N) is 2. The SMILES string of the molecule is C/C(=N\NC(=O)c1ccc(Cn2cc([N+](=O)[O-])cn2)o1)c1cccc(NC(=O)COc2ccc(Cl)cc2)c1. The Morgan fingerprint density at radius 2 is 1.97 bits per heavy atom. The van der Waals surface area contributed by atoms with Crippen LogP contribution in [0, 0.1) is 10.1 Å². The van der Waals surface area contributed by atoms with Crippen molar-refractivity contribution in [2.75, 3.05) is 11.9 Å². The van der Waals surface area contributed by atoms with Crippen molar-refractivity contribution >= 4 is 40.5 Å². The molecule has 4 rings (SSSR count). The highest BCUT2D eigenvalue weighted by molar-refractivity contribution is 6.30. The zero-order valence-corrected chi connectivity index (χ0v) is 20.7. The summed E-state index contributed by atoms with van der Waals surface area (Å²) in [5, 5.41) is 22.1. The van der Waals surface area contributed by atoms with Crippen LogP contribution in [0.1, 0.15) is 28.8 Å². The average molecular weight is 537 g/mol. The highest BCUT2D eigenvalue weighted by Crippen LogP contribution is 2.16. The maximum absolute atomic E-state index is 12.5. The molecule has 2 heterocycles. The minimum atomic E-state index is -0.578. The van der Waals surface area contributed by atoms with E-state index in [2.05, 4.69) is 20.9 Å². The van der Waals surface area contributed by atoms with Crippen molar-refractivity contribution in [3.8, 4) is 5.75 Å². The van der Waals surface area contributed by atoms with Crippen LogP contribution in [0.3, 0.4) is 0 Å². The molecule has 0 atom stereocenters. The van der Waals surface area contributed by atoms with Crippen LogP contribution in [0.5, 0.6) is 5.75 Å². The molecule has 0 spiro atoms. The third-order valence-electron chi connectivity index (χ3n) is 5.11. The summed E-state index contributed by atoms with van der Waals surface area (Å²) in [6.07, 6.45) is 2.39. The molecule has 0 radical (unpaired) electrons. The van der Waals surface area contributed by atoms with Gasteiger partial charge < -0.3 is 14.5 Å². The molecular weight excluding hydrogens is 516 g/mol. The summed E-state index contributed by atoms with van der Waals surface area (Å²) in [6, 6.07) is 16.7. The third kappa shape index (κ3) is 7.04. The highest BCUT2D eigenvalue weighted by atomic mass is 35.5. The summed E-state index contributed by atoms with van der Waals surface area (Å²) in [6.45, 7) is 1.63. The van der Waals surface area contributed by atoms with Gasteiger partial charge in [0.25, 0.3) is 5.91 Å². The molecule has 38 heavy (non-hydrogen) atoms. The Labute approximate surface area is 221 Å². The van der Waals surface area contributed by atoms with Gasteiger partial charge in [-0.25, -0.2) is 5.43 Å². The number of benzene rings is 2. The van der Waals surface area contributed by atoms with E-state index >= 15 is 0 Å². The molecule has 0 bridgehead atoms. The lowest BCUT2D eigenvalue weighted by Gasteiger charge is -2.09. The Morgan fingerprint density at radius 3 is 2.71 bits per heavy atom. The number of furan rings is 1. The van der Waals surface area contributed by atoms with Gasteiger partial charge in [-0.05, 0) is 61.0 Å². The monoisotopic (exact) mass is 536 g/mol. The van der Waals surface area contributed by atoms with Crippen molar-refractivity contribution in [2.45, 2.75) is 13.5 Å². The predicted octanol–water partition coefficient (Wildman–Crippen LogP) is 4.26. The number of nitro groups is 1. The molecule has 2 amide bonds. The first-order chi connectivity index (χ1) is 18.3. The minimum absolute atomic E-state index is 0.0138. The van der Waals surface area contributed by atoms with E-state index in [1.807, 2.05) is 0 Å². The fraction of sp³-hybridized carbons (Fsp3) is 0.120. The lowest BCUT2D eigenvalue weighted by Crippen LogP contribution is -2.20. The number of amides is 2. The quantitative estimate of drug-likeness (QED) is 0.174. The second-order valence-electron chi connectivity index (χ2n) is 7.93. The normalized spacial score (nSPS) is 11.2. The summed E-state index contributed by atoms with van der Waals surface area (Å²) in [7, 11) is 0. The van der Waals surface area contributed by atoms with Crippen LogP contribution in [0.15, 0.2) is 82.6 Å². The van der Waals surface area contributed by atoms with E-state index in [0.29, 0.717) is 33.5 Å². The summed E-state index contributed by atoms with van der Waals surface area (Å²) >= 11 is 5.84. The first-order valence-corrected chi connectivity index (χ1v) is 11.5. The number of hydrogen-bond acceptors (Lipinski definition) is 8. The highest BCUT2D eigenvalue weighted by Gasteiger charge is 2.14. The van der Waals surface area contributed by atoms with Crippen molar-refractivity contribution in [3.05, 3.63) is 105 Å². The second-order valence-corrected chi connectivity index (χ2v) is 8.37. The Bertz CT molecular complexity index is 1490. The molecule has 13 heteroatoms. The number of ether oxygens (including phenoxy) is 1. The van der Waals surface area contributed by atoms with E-state index in [9.17, 15) is 19.7 Å². The van der Waals surface area contributed by atoms with E-state index < -0.39 is 10.8 Å². The predicted molar refractivity (Wildman–Crippen MR) is 138 cm³/mol. The number of aromatic nitrogens is 2. The fourth-order valence-electron chi connectivity index (χ4n) is 3.23. The van der Waals surface area contributed by atoms with Crippen molar-refractivity contribution < 1.29 is 23.7 Å². The summed E-state index contributed by atoms with van der Waals surface area (Å²) < 4.78 is 12.3. The molecule has 12 nitrogen and oxygen atoms in total. The minimum Gasteiger partial charge on any atom is -0.484 e. The summed E-state index contributed by atoms with van der Waals surface area (Å²) in [4.78, 5) is 34.9. The van der Waals surface area contributed by atoms with Gasteiger partial charge in [0.2, 0.25) is 0 Å². The van der Waals surface area contributed by atoms with Gasteiger partial charge in [-0.15, -0.1) is 0 Å². The van der Waals surface area contributed by atoms with Gasteiger partial charge in [-0.2, -0.15) is 10.2 Å². The molecule has 0 aliphatic carbocycles. The van der Waals surface area contributed by atoms with E-state index in [0.717, 1.165) is 6.20 Å². The summed E-state index contributed by atoms with van der Waals surface area (Å²) in [5.41, 5.74) is 3.97. The van der Waals surface area contributed by atoms with Gasteiger partial charge in [0, 0.05) is 10.7 Å².